The molecule has 6 atom stereocenters. The zero-order valence-electron chi connectivity index (χ0n) is 34.4. The smallest absolute Gasteiger partial charge is 0.408 e. The summed E-state index contributed by atoms with van der Waals surface area (Å²) in [6, 6.07) is 13.5. The van der Waals surface area contributed by atoms with Gasteiger partial charge < -0.3 is 40.5 Å². The second-order valence-corrected chi connectivity index (χ2v) is 16.3. The van der Waals surface area contributed by atoms with Crippen molar-refractivity contribution in [3.8, 4) is 0 Å². The maximum Gasteiger partial charge on any atom is 0.408 e. The fourth-order valence-electron chi connectivity index (χ4n) is 7.99. The Morgan fingerprint density at radius 2 is 1.56 bits per heavy atom. The van der Waals surface area contributed by atoms with Crippen molar-refractivity contribution in [2.75, 3.05) is 27.2 Å². The van der Waals surface area contributed by atoms with Gasteiger partial charge in [0.1, 0.15) is 24.7 Å². The Labute approximate surface area is 346 Å². The molecular formula is C44H58N6O9. The number of likely N-dealkylation sites (N-methyl/N-ethyl adjacent to an activating group) is 1. The predicted octanol–water partition coefficient (Wildman–Crippen LogP) is 3.48. The highest BCUT2D eigenvalue weighted by molar-refractivity contribution is 6.38. The van der Waals surface area contributed by atoms with E-state index < -0.39 is 83.8 Å². The standard InChI is InChI=1S/C44H58N6O9/c1-44(2)25-31-34(59-44)27-50-37(31)39(53)46-32(38(52)40(54)45-26-35(51)48-36(42(56)49(3)4)30-21-15-12-16-22-30)23-17-9-7-5-6-8-10-18-24-33(41(50)55)47-43(57)58-28-29-19-13-11-14-20-29/h5-6,11-16,19-22,31-34,36-37H,7-10,17-18,23-28H2,1-4H3,(H,45,54)(H,46,53)(H,47,57)(H,48,51)/t31-,32-,33-,34-,36-,37-/m0/s1. The molecule has 2 fully saturated rings. The summed E-state index contributed by atoms with van der Waals surface area (Å²) in [6.45, 7) is 3.35. The molecule has 0 unspecified atom stereocenters. The van der Waals surface area contributed by atoms with Crippen molar-refractivity contribution in [2.24, 2.45) is 5.92 Å². The fourth-order valence-corrected chi connectivity index (χ4v) is 7.99. The summed E-state index contributed by atoms with van der Waals surface area (Å²) in [6.07, 6.45) is 7.86. The normalized spacial score (nSPS) is 24.0. The minimum absolute atomic E-state index is 0.0121. The van der Waals surface area contributed by atoms with Gasteiger partial charge in [-0.15, -0.1) is 0 Å². The molecule has 15 nitrogen and oxygen atoms in total. The summed E-state index contributed by atoms with van der Waals surface area (Å²) in [7, 11) is 3.12. The monoisotopic (exact) mass is 814 g/mol. The Balaban J connectivity index is 1.32. The molecule has 3 aliphatic rings. The molecule has 0 saturated carbocycles. The molecule has 59 heavy (non-hydrogen) atoms. The highest BCUT2D eigenvalue weighted by atomic mass is 16.5. The molecular weight excluding hydrogens is 757 g/mol. The molecule has 6 amide bonds. The van der Waals surface area contributed by atoms with Crippen LogP contribution in [0, 0.1) is 5.92 Å². The second-order valence-electron chi connectivity index (χ2n) is 16.3. The molecule has 2 saturated heterocycles. The number of ether oxygens (including phenoxy) is 2. The minimum atomic E-state index is -1.26. The van der Waals surface area contributed by atoms with Crippen molar-refractivity contribution >= 4 is 41.4 Å². The van der Waals surface area contributed by atoms with Crippen LogP contribution in [0.3, 0.4) is 0 Å². The number of carbonyl (C=O) groups excluding carboxylic acids is 7. The minimum Gasteiger partial charge on any atom is -0.445 e. The van der Waals surface area contributed by atoms with Gasteiger partial charge in [0.15, 0.2) is 0 Å². The summed E-state index contributed by atoms with van der Waals surface area (Å²) in [4.78, 5) is 97.9. The van der Waals surface area contributed by atoms with Crippen LogP contribution in [-0.4, -0.2) is 108 Å². The van der Waals surface area contributed by atoms with Crippen LogP contribution in [0.4, 0.5) is 4.79 Å². The van der Waals surface area contributed by atoms with Crippen LogP contribution in [0.15, 0.2) is 72.8 Å². The molecule has 0 bridgehead atoms. The lowest BCUT2D eigenvalue weighted by atomic mass is 9.89. The van der Waals surface area contributed by atoms with Crippen molar-refractivity contribution in [3.63, 3.8) is 0 Å². The predicted molar refractivity (Wildman–Crippen MR) is 218 cm³/mol. The van der Waals surface area contributed by atoms with Gasteiger partial charge in [-0.25, -0.2) is 4.79 Å². The van der Waals surface area contributed by atoms with Gasteiger partial charge in [-0.05, 0) is 69.9 Å². The average Bonchev–Trinajstić information content (AvgIpc) is 3.71. The van der Waals surface area contributed by atoms with Crippen molar-refractivity contribution in [2.45, 2.75) is 114 Å². The fraction of sp³-hybridized carbons (Fsp3) is 0.523. The van der Waals surface area contributed by atoms with E-state index in [1.807, 2.05) is 50.3 Å². The Hall–Kier alpha value is -5.57. The van der Waals surface area contributed by atoms with E-state index in [9.17, 15) is 33.6 Å². The molecule has 15 heteroatoms. The number of benzene rings is 2. The number of allylic oxidation sites excluding steroid dienone is 2. The first-order chi connectivity index (χ1) is 28.2. The maximum atomic E-state index is 14.5. The van der Waals surface area contributed by atoms with E-state index in [0.29, 0.717) is 37.7 Å². The molecule has 0 aliphatic carbocycles. The van der Waals surface area contributed by atoms with Gasteiger partial charge in [-0.1, -0.05) is 85.7 Å². The molecule has 3 heterocycles. The number of fused-ring (bicyclic) bond motifs is 3. The highest BCUT2D eigenvalue weighted by Gasteiger charge is 2.56. The number of nitrogens with one attached hydrogen (secondary N) is 4. The zero-order valence-corrected chi connectivity index (χ0v) is 34.4. The maximum absolute atomic E-state index is 14.5. The summed E-state index contributed by atoms with van der Waals surface area (Å²) in [5.41, 5.74) is 0.757. The lowest BCUT2D eigenvalue weighted by Crippen LogP contribution is -2.58. The number of hydrogen-bond donors (Lipinski definition) is 4. The van der Waals surface area contributed by atoms with Crippen molar-refractivity contribution in [3.05, 3.63) is 83.9 Å². The van der Waals surface area contributed by atoms with Gasteiger partial charge in [-0.3, -0.25) is 28.8 Å². The number of nitrogens with zero attached hydrogens (tertiary/aromatic N) is 2. The van der Waals surface area contributed by atoms with E-state index in [0.717, 1.165) is 24.8 Å². The Morgan fingerprint density at radius 1 is 0.915 bits per heavy atom. The molecule has 0 aromatic heterocycles. The van der Waals surface area contributed by atoms with Crippen LogP contribution < -0.4 is 21.3 Å². The van der Waals surface area contributed by atoms with Crippen molar-refractivity contribution < 1.29 is 43.0 Å². The lowest BCUT2D eigenvalue weighted by Gasteiger charge is -2.32. The first-order valence-corrected chi connectivity index (χ1v) is 20.5. The van der Waals surface area contributed by atoms with Gasteiger partial charge >= 0.3 is 6.09 Å². The van der Waals surface area contributed by atoms with Crippen LogP contribution in [0.5, 0.6) is 0 Å². The van der Waals surface area contributed by atoms with Gasteiger partial charge in [0.25, 0.3) is 5.91 Å². The topological polar surface area (TPSA) is 193 Å². The number of ketones is 1. The Kier molecular flexibility index (Phi) is 15.8. The summed E-state index contributed by atoms with van der Waals surface area (Å²) < 4.78 is 11.8. The van der Waals surface area contributed by atoms with Gasteiger partial charge in [0.05, 0.1) is 24.3 Å². The van der Waals surface area contributed by atoms with E-state index in [1.54, 1.807) is 44.4 Å². The zero-order chi connectivity index (χ0) is 42.5. The SMILES string of the molecule is CN(C)C(=O)[C@@H](NC(=O)CNC(=O)C(=O)[C@@H]1CCCCC=CCCCC[C@H](NC(=O)OCc2ccccc2)C(=O)N2C[C@@H]3OC(C)(C)C[C@@H]3[C@H]2C(=O)N1)c1ccccc1. The number of Topliss-reactive ketones (excluding diaryl/α,β-unsaturated/α-hetero) is 1. The number of amides is 6. The second kappa shape index (κ2) is 20.9. The average molecular weight is 815 g/mol. The van der Waals surface area contributed by atoms with E-state index in [1.165, 1.54) is 9.80 Å². The molecule has 3 aliphatic heterocycles. The number of hydrogen-bond acceptors (Lipinski definition) is 9. The Bertz CT molecular complexity index is 1840. The van der Waals surface area contributed by atoms with Crippen LogP contribution in [-0.2, 0) is 44.8 Å². The summed E-state index contributed by atoms with van der Waals surface area (Å²) in [5.74, 6) is -4.59. The summed E-state index contributed by atoms with van der Waals surface area (Å²) >= 11 is 0. The van der Waals surface area contributed by atoms with Crippen LogP contribution in [0.1, 0.15) is 88.8 Å². The highest BCUT2D eigenvalue weighted by Crippen LogP contribution is 2.43. The molecule has 0 radical (unpaired) electrons. The van der Waals surface area contributed by atoms with E-state index >= 15 is 0 Å². The Morgan fingerprint density at radius 3 is 2.22 bits per heavy atom. The molecule has 0 spiro atoms. The third kappa shape index (κ3) is 12.5. The van der Waals surface area contributed by atoms with Crippen LogP contribution in [0.2, 0.25) is 0 Å². The van der Waals surface area contributed by atoms with Gasteiger partial charge in [0, 0.05) is 26.6 Å². The first kappa shape index (κ1) is 44.5. The van der Waals surface area contributed by atoms with E-state index in [4.69, 9.17) is 9.47 Å². The van der Waals surface area contributed by atoms with E-state index in [2.05, 4.69) is 27.3 Å². The van der Waals surface area contributed by atoms with Gasteiger partial charge in [0.2, 0.25) is 29.4 Å². The first-order valence-electron chi connectivity index (χ1n) is 20.5. The van der Waals surface area contributed by atoms with Gasteiger partial charge in [-0.2, -0.15) is 0 Å². The lowest BCUT2D eigenvalue weighted by molar-refractivity contribution is -0.144. The quantitative estimate of drug-likeness (QED) is 0.205. The van der Waals surface area contributed by atoms with Crippen LogP contribution >= 0.6 is 0 Å². The number of carbonyl (C=O) groups is 7. The third-order valence-corrected chi connectivity index (χ3v) is 10.9. The largest absolute Gasteiger partial charge is 0.445 e. The number of alkyl carbamates (subject to hydrolysis) is 1. The van der Waals surface area contributed by atoms with E-state index in [-0.39, 0.29) is 25.5 Å². The van der Waals surface area contributed by atoms with Crippen LogP contribution in [0.25, 0.3) is 0 Å². The molecule has 5 rings (SSSR count). The molecule has 4 N–H and O–H groups in total. The number of rotatable bonds is 10. The van der Waals surface area contributed by atoms with Crippen molar-refractivity contribution in [1.29, 1.82) is 0 Å². The molecule has 2 aromatic carbocycles. The van der Waals surface area contributed by atoms with Crippen molar-refractivity contribution in [1.82, 2.24) is 31.1 Å². The molecule has 318 valence electrons. The summed E-state index contributed by atoms with van der Waals surface area (Å²) in [5, 5.41) is 10.6. The third-order valence-electron chi connectivity index (χ3n) is 10.9. The molecule has 2 aromatic rings.